The van der Waals surface area contributed by atoms with Gasteiger partial charge in [0.25, 0.3) is 0 Å². The highest BCUT2D eigenvalue weighted by Crippen LogP contribution is 2.26. The molecule has 0 saturated heterocycles. The van der Waals surface area contributed by atoms with Gasteiger partial charge in [-0.1, -0.05) is 6.07 Å². The summed E-state index contributed by atoms with van der Waals surface area (Å²) in [6, 6.07) is 7.94. The zero-order valence-electron chi connectivity index (χ0n) is 12.7. The minimum atomic E-state index is -0.525. The summed E-state index contributed by atoms with van der Waals surface area (Å²) >= 11 is 0. The summed E-state index contributed by atoms with van der Waals surface area (Å²) in [6.07, 6.45) is 0.411. The molecule has 0 unspecified atom stereocenters. The number of nitrogens with one attached hydrogen (secondary N) is 2. The highest BCUT2D eigenvalue weighted by molar-refractivity contribution is 5.86. The van der Waals surface area contributed by atoms with Crippen LogP contribution >= 0.6 is 0 Å². The number of ether oxygens (including phenoxy) is 2. The van der Waals surface area contributed by atoms with E-state index in [0.29, 0.717) is 6.54 Å². The lowest BCUT2D eigenvalue weighted by atomic mass is 10.2. The maximum absolute atomic E-state index is 9.92. The molecule has 0 fully saturated rings. The van der Waals surface area contributed by atoms with E-state index in [2.05, 4.69) is 16.4 Å². The Hall–Kier alpha value is -1.56. The van der Waals surface area contributed by atoms with Gasteiger partial charge >= 0.3 is 0 Å². The minimum absolute atomic E-state index is 0.278. The lowest BCUT2D eigenvalue weighted by Crippen LogP contribution is -2.32. The summed E-state index contributed by atoms with van der Waals surface area (Å²) in [7, 11) is 1.69. The van der Waals surface area contributed by atoms with Gasteiger partial charge < -0.3 is 24.9 Å². The van der Waals surface area contributed by atoms with Gasteiger partial charge in [0.05, 0.1) is 0 Å². The smallest absolute Gasteiger partial charge is 0.128 e. The number of aliphatic hydroxyl groups excluding tert-OH is 1. The van der Waals surface area contributed by atoms with E-state index in [9.17, 15) is 5.11 Å². The first kappa shape index (κ1) is 15.8. The van der Waals surface area contributed by atoms with Gasteiger partial charge in [0.15, 0.2) is 0 Å². The zero-order valence-corrected chi connectivity index (χ0v) is 12.7. The minimum Gasteiger partial charge on any atom is -0.490 e. The van der Waals surface area contributed by atoms with E-state index in [1.807, 2.05) is 25.1 Å². The van der Waals surface area contributed by atoms with Crippen molar-refractivity contribution in [1.29, 1.82) is 0 Å². The van der Waals surface area contributed by atoms with Gasteiger partial charge in [0.2, 0.25) is 0 Å². The van der Waals surface area contributed by atoms with Gasteiger partial charge in [0.1, 0.15) is 18.5 Å². The first-order valence-corrected chi connectivity index (χ1v) is 7.29. The molecule has 0 aliphatic rings. The van der Waals surface area contributed by atoms with Crippen molar-refractivity contribution in [3.8, 4) is 5.75 Å². The van der Waals surface area contributed by atoms with Gasteiger partial charge in [-0.2, -0.15) is 0 Å². The quantitative estimate of drug-likeness (QED) is 0.617. The van der Waals surface area contributed by atoms with E-state index in [0.717, 1.165) is 41.9 Å². The third kappa shape index (κ3) is 4.74. The van der Waals surface area contributed by atoms with Crippen LogP contribution < -0.4 is 10.1 Å². The predicted molar refractivity (Wildman–Crippen MR) is 83.9 cm³/mol. The number of methoxy groups -OCH3 is 1. The third-order valence-corrected chi connectivity index (χ3v) is 3.27. The van der Waals surface area contributed by atoms with Crippen LogP contribution in [0.25, 0.3) is 10.9 Å². The molecule has 0 aliphatic heterocycles. The Kier molecular flexibility index (Phi) is 6.04. The van der Waals surface area contributed by atoms with Gasteiger partial charge in [-0.05, 0) is 38.1 Å². The second-order valence-electron chi connectivity index (χ2n) is 5.19. The molecule has 0 aliphatic carbocycles. The predicted octanol–water partition coefficient (Wildman–Crippen LogP) is 1.84. The van der Waals surface area contributed by atoms with Crippen LogP contribution in [0.1, 0.15) is 12.1 Å². The van der Waals surface area contributed by atoms with E-state index >= 15 is 0 Å². The van der Waals surface area contributed by atoms with Crippen molar-refractivity contribution in [2.45, 2.75) is 19.4 Å². The number of hydrogen-bond donors (Lipinski definition) is 3. The number of aryl methyl sites for hydroxylation is 1. The largest absolute Gasteiger partial charge is 0.490 e. The number of aliphatic hydroxyl groups is 1. The van der Waals surface area contributed by atoms with E-state index in [-0.39, 0.29) is 6.61 Å². The molecule has 3 N–H and O–H groups in total. The molecule has 5 heteroatoms. The lowest BCUT2D eigenvalue weighted by Gasteiger charge is -2.13. The van der Waals surface area contributed by atoms with Crippen molar-refractivity contribution in [1.82, 2.24) is 10.3 Å². The topological polar surface area (TPSA) is 66.5 Å². The van der Waals surface area contributed by atoms with E-state index in [1.165, 1.54) is 0 Å². The average Bonchev–Trinajstić information content (AvgIpc) is 2.85. The van der Waals surface area contributed by atoms with Crippen molar-refractivity contribution in [2.24, 2.45) is 0 Å². The van der Waals surface area contributed by atoms with Crippen molar-refractivity contribution in [3.63, 3.8) is 0 Å². The zero-order chi connectivity index (χ0) is 15.1. The molecule has 1 heterocycles. The van der Waals surface area contributed by atoms with Gasteiger partial charge in [-0.15, -0.1) is 0 Å². The number of rotatable bonds is 9. The van der Waals surface area contributed by atoms with Crippen LogP contribution in [0, 0.1) is 6.92 Å². The van der Waals surface area contributed by atoms with Crippen LogP contribution in [0.3, 0.4) is 0 Å². The van der Waals surface area contributed by atoms with Crippen molar-refractivity contribution >= 4 is 10.9 Å². The lowest BCUT2D eigenvalue weighted by molar-refractivity contribution is 0.106. The van der Waals surface area contributed by atoms with Gasteiger partial charge in [-0.25, -0.2) is 0 Å². The van der Waals surface area contributed by atoms with E-state index in [4.69, 9.17) is 9.47 Å². The fourth-order valence-corrected chi connectivity index (χ4v) is 2.25. The van der Waals surface area contributed by atoms with E-state index < -0.39 is 6.10 Å². The van der Waals surface area contributed by atoms with Crippen LogP contribution in [0.5, 0.6) is 5.75 Å². The summed E-state index contributed by atoms with van der Waals surface area (Å²) in [5.74, 6) is 0.801. The monoisotopic (exact) mass is 292 g/mol. The Morgan fingerprint density at radius 1 is 1.38 bits per heavy atom. The highest BCUT2D eigenvalue weighted by atomic mass is 16.5. The Bertz CT molecular complexity index is 553. The molecule has 2 rings (SSSR count). The van der Waals surface area contributed by atoms with Gasteiger partial charge in [-0.3, -0.25) is 0 Å². The molecule has 116 valence electrons. The molecular formula is C16H24N2O3. The number of fused-ring (bicyclic) bond motifs is 1. The molecule has 0 radical (unpaired) electrons. The molecule has 5 nitrogen and oxygen atoms in total. The molecule has 1 aromatic carbocycles. The third-order valence-electron chi connectivity index (χ3n) is 3.27. The molecule has 2 aromatic rings. The normalized spacial score (nSPS) is 12.7. The van der Waals surface area contributed by atoms with Crippen molar-refractivity contribution in [2.75, 3.05) is 33.4 Å². The summed E-state index contributed by atoms with van der Waals surface area (Å²) < 4.78 is 10.7. The van der Waals surface area contributed by atoms with Crippen molar-refractivity contribution in [3.05, 3.63) is 30.0 Å². The number of aromatic nitrogens is 1. The molecule has 0 amide bonds. The summed E-state index contributed by atoms with van der Waals surface area (Å²) in [4.78, 5) is 3.27. The summed E-state index contributed by atoms with van der Waals surface area (Å²) in [5.41, 5.74) is 2.15. The first-order valence-electron chi connectivity index (χ1n) is 7.29. The molecule has 21 heavy (non-hydrogen) atoms. The van der Waals surface area contributed by atoms with E-state index in [1.54, 1.807) is 7.11 Å². The Morgan fingerprint density at radius 2 is 2.24 bits per heavy atom. The Balaban J connectivity index is 1.78. The molecule has 1 atom stereocenters. The number of hydrogen-bond acceptors (Lipinski definition) is 4. The van der Waals surface area contributed by atoms with Crippen LogP contribution in [-0.4, -0.2) is 49.6 Å². The number of benzene rings is 1. The van der Waals surface area contributed by atoms with Crippen LogP contribution in [0.4, 0.5) is 0 Å². The Morgan fingerprint density at radius 3 is 3.05 bits per heavy atom. The second kappa shape index (κ2) is 8.02. The molecule has 0 spiro atoms. The first-order chi connectivity index (χ1) is 10.2. The van der Waals surface area contributed by atoms with Crippen LogP contribution in [-0.2, 0) is 4.74 Å². The maximum atomic E-state index is 9.92. The molecule has 1 aromatic heterocycles. The summed E-state index contributed by atoms with van der Waals surface area (Å²) in [6.45, 7) is 4.38. The van der Waals surface area contributed by atoms with Gasteiger partial charge in [0, 0.05) is 36.9 Å². The second-order valence-corrected chi connectivity index (χ2v) is 5.19. The molecule has 0 bridgehead atoms. The van der Waals surface area contributed by atoms with Crippen molar-refractivity contribution < 1.29 is 14.6 Å². The fraction of sp³-hybridized carbons (Fsp3) is 0.500. The highest BCUT2D eigenvalue weighted by Gasteiger charge is 2.08. The maximum Gasteiger partial charge on any atom is 0.128 e. The standard InChI is InChI=1S/C16H24N2O3/c1-12-9-14-15(18-12)5-3-6-16(14)21-11-13(19)10-17-7-4-8-20-2/h3,5-6,9,13,17-19H,4,7-8,10-11H2,1-2H3/t13-/m1/s1. The molecular weight excluding hydrogens is 268 g/mol. The number of aromatic amines is 1. The van der Waals surface area contributed by atoms with Crippen LogP contribution in [0.15, 0.2) is 24.3 Å². The Labute approximate surface area is 125 Å². The van der Waals surface area contributed by atoms with Crippen LogP contribution in [0.2, 0.25) is 0 Å². The number of H-pyrrole nitrogens is 1. The fourth-order valence-electron chi connectivity index (χ4n) is 2.25. The SMILES string of the molecule is COCCCNC[C@@H](O)COc1cccc2[nH]c(C)cc12. The molecule has 0 saturated carbocycles. The summed E-state index contributed by atoms with van der Waals surface area (Å²) in [5, 5.41) is 14.2. The average molecular weight is 292 g/mol.